The second-order valence-corrected chi connectivity index (χ2v) is 3.16. The molecule has 0 N–H and O–H groups in total. The third-order valence-electron chi connectivity index (χ3n) is 1.90. The first-order chi connectivity index (χ1) is 5.84. The number of halogens is 1. The molecule has 1 aliphatic rings. The predicted molar refractivity (Wildman–Crippen MR) is 47.4 cm³/mol. The van der Waals surface area contributed by atoms with Crippen LogP contribution in [0.1, 0.15) is 12.8 Å². The average Bonchev–Trinajstić information content (AvgIpc) is 2.46. The lowest BCUT2D eigenvalue weighted by Crippen LogP contribution is -2.28. The Morgan fingerprint density at radius 1 is 1.50 bits per heavy atom. The van der Waals surface area contributed by atoms with Gasteiger partial charge in [-0.05, 0) is 6.42 Å². The van der Waals surface area contributed by atoms with Crippen molar-refractivity contribution in [2.24, 2.45) is 0 Å². The van der Waals surface area contributed by atoms with Crippen molar-refractivity contribution in [2.75, 3.05) is 32.2 Å². The van der Waals surface area contributed by atoms with E-state index in [1.165, 1.54) is 0 Å². The molecule has 4 heteroatoms. The predicted octanol–water partition coefficient (Wildman–Crippen LogP) is 0.864. The van der Waals surface area contributed by atoms with Crippen molar-refractivity contribution in [3.05, 3.63) is 0 Å². The number of rotatable bonds is 5. The average molecular weight is 192 g/mol. The highest BCUT2D eigenvalue weighted by Gasteiger charge is 2.18. The molecule has 0 unspecified atom stereocenters. The van der Waals surface area contributed by atoms with Gasteiger partial charge in [0.25, 0.3) is 0 Å². The Bertz CT molecular complexity index is 152. The van der Waals surface area contributed by atoms with Gasteiger partial charge < -0.3 is 9.64 Å². The molecule has 1 heterocycles. The fraction of sp³-hybridized carbons (Fsp3) is 0.875. The van der Waals surface area contributed by atoms with Crippen LogP contribution in [-0.4, -0.2) is 43.0 Å². The highest BCUT2D eigenvalue weighted by Crippen LogP contribution is 2.08. The van der Waals surface area contributed by atoms with Crippen LogP contribution in [0.4, 0.5) is 0 Å². The van der Waals surface area contributed by atoms with Gasteiger partial charge in [-0.2, -0.15) is 0 Å². The van der Waals surface area contributed by atoms with E-state index in [1.807, 2.05) is 4.90 Å². The second-order valence-electron chi connectivity index (χ2n) is 2.79. The van der Waals surface area contributed by atoms with E-state index in [0.717, 1.165) is 19.5 Å². The zero-order valence-electron chi connectivity index (χ0n) is 7.09. The molecule has 70 valence electrons. The van der Waals surface area contributed by atoms with Crippen molar-refractivity contribution in [2.45, 2.75) is 12.8 Å². The molecule has 0 aromatic rings. The number of ether oxygens (including phenoxy) is 1. The smallest absolute Gasteiger partial charge is 0.222 e. The maximum atomic E-state index is 11.1. The number of likely N-dealkylation sites (tertiary alicyclic amines) is 1. The van der Waals surface area contributed by atoms with E-state index in [1.54, 1.807) is 0 Å². The van der Waals surface area contributed by atoms with Crippen molar-refractivity contribution in [3.8, 4) is 0 Å². The van der Waals surface area contributed by atoms with E-state index < -0.39 is 0 Å². The van der Waals surface area contributed by atoms with Gasteiger partial charge in [-0.15, -0.1) is 11.6 Å². The highest BCUT2D eigenvalue weighted by atomic mass is 35.5. The molecule has 1 fully saturated rings. The normalized spacial score (nSPS) is 17.4. The summed E-state index contributed by atoms with van der Waals surface area (Å²) in [4.78, 5) is 12.9. The van der Waals surface area contributed by atoms with Crippen molar-refractivity contribution in [3.63, 3.8) is 0 Å². The minimum Gasteiger partial charge on any atom is -0.378 e. The van der Waals surface area contributed by atoms with Crippen molar-refractivity contribution >= 4 is 17.5 Å². The summed E-state index contributed by atoms with van der Waals surface area (Å²) >= 11 is 5.42. The number of carbonyl (C=O) groups is 1. The van der Waals surface area contributed by atoms with Gasteiger partial charge in [-0.1, -0.05) is 0 Å². The van der Waals surface area contributed by atoms with Crippen LogP contribution in [-0.2, 0) is 9.53 Å². The molecule has 0 aliphatic carbocycles. The van der Waals surface area contributed by atoms with E-state index in [0.29, 0.717) is 25.5 Å². The molecular formula is C8H14ClNO2. The van der Waals surface area contributed by atoms with Crippen molar-refractivity contribution in [1.29, 1.82) is 0 Å². The molecule has 0 saturated carbocycles. The van der Waals surface area contributed by atoms with Gasteiger partial charge in [-0.3, -0.25) is 4.79 Å². The molecule has 0 spiro atoms. The molecule has 12 heavy (non-hydrogen) atoms. The Hall–Kier alpha value is -0.280. The zero-order chi connectivity index (χ0) is 8.81. The number of hydrogen-bond acceptors (Lipinski definition) is 2. The Morgan fingerprint density at radius 2 is 2.33 bits per heavy atom. The standard InChI is InChI=1S/C8H14ClNO2/c9-3-6-12-7-5-10-4-1-2-8(10)11/h1-7H2. The monoisotopic (exact) mass is 191 g/mol. The summed E-state index contributed by atoms with van der Waals surface area (Å²) in [5, 5.41) is 0. The first kappa shape index (κ1) is 9.81. The number of amides is 1. The third kappa shape index (κ3) is 2.99. The maximum absolute atomic E-state index is 11.1. The van der Waals surface area contributed by atoms with Crippen LogP contribution in [0.5, 0.6) is 0 Å². The lowest BCUT2D eigenvalue weighted by Gasteiger charge is -2.14. The lowest BCUT2D eigenvalue weighted by atomic mass is 10.4. The summed E-state index contributed by atoms with van der Waals surface area (Å²) in [6.45, 7) is 2.79. The molecule has 0 aromatic heterocycles. The third-order valence-corrected chi connectivity index (χ3v) is 2.05. The number of carbonyl (C=O) groups excluding carboxylic acids is 1. The number of alkyl halides is 1. The van der Waals surface area contributed by atoms with Crippen LogP contribution in [0.2, 0.25) is 0 Å². The second kappa shape index (κ2) is 5.38. The minimum absolute atomic E-state index is 0.254. The minimum atomic E-state index is 0.254. The van der Waals surface area contributed by atoms with E-state index in [-0.39, 0.29) is 5.91 Å². The van der Waals surface area contributed by atoms with Gasteiger partial charge in [-0.25, -0.2) is 0 Å². The largest absolute Gasteiger partial charge is 0.378 e. The Balaban J connectivity index is 2.02. The quantitative estimate of drug-likeness (QED) is 0.477. The van der Waals surface area contributed by atoms with Crippen LogP contribution in [0.15, 0.2) is 0 Å². The van der Waals surface area contributed by atoms with Gasteiger partial charge in [0.15, 0.2) is 0 Å². The number of nitrogens with zero attached hydrogens (tertiary/aromatic N) is 1. The van der Waals surface area contributed by atoms with E-state index >= 15 is 0 Å². The summed E-state index contributed by atoms with van der Waals surface area (Å²) in [6.07, 6.45) is 1.70. The van der Waals surface area contributed by atoms with Gasteiger partial charge in [0.1, 0.15) is 0 Å². The molecule has 0 bridgehead atoms. The van der Waals surface area contributed by atoms with Gasteiger partial charge in [0.05, 0.1) is 13.2 Å². The van der Waals surface area contributed by atoms with Crippen LogP contribution < -0.4 is 0 Å². The first-order valence-electron chi connectivity index (χ1n) is 4.26. The fourth-order valence-corrected chi connectivity index (χ4v) is 1.38. The molecule has 1 aliphatic heterocycles. The Labute approximate surface area is 77.6 Å². The van der Waals surface area contributed by atoms with Gasteiger partial charge >= 0.3 is 0 Å². The molecule has 1 amide bonds. The molecule has 3 nitrogen and oxygen atoms in total. The number of hydrogen-bond donors (Lipinski definition) is 0. The summed E-state index contributed by atoms with van der Waals surface area (Å²) < 4.78 is 5.17. The SMILES string of the molecule is O=C1CCCN1CCOCCCl. The van der Waals surface area contributed by atoms with Gasteiger partial charge in [0, 0.05) is 25.4 Å². The molecule has 0 radical (unpaired) electrons. The molecule has 0 atom stereocenters. The Morgan fingerprint density at radius 3 is 2.92 bits per heavy atom. The van der Waals surface area contributed by atoms with Crippen molar-refractivity contribution in [1.82, 2.24) is 4.90 Å². The summed E-state index contributed by atoms with van der Waals surface area (Å²) in [7, 11) is 0. The topological polar surface area (TPSA) is 29.5 Å². The summed E-state index contributed by atoms with van der Waals surface area (Å²) in [5.41, 5.74) is 0. The van der Waals surface area contributed by atoms with Crippen LogP contribution in [0, 0.1) is 0 Å². The van der Waals surface area contributed by atoms with Crippen LogP contribution >= 0.6 is 11.6 Å². The van der Waals surface area contributed by atoms with E-state index in [2.05, 4.69) is 0 Å². The molecule has 1 rings (SSSR count). The highest BCUT2D eigenvalue weighted by molar-refractivity contribution is 6.17. The zero-order valence-corrected chi connectivity index (χ0v) is 7.85. The van der Waals surface area contributed by atoms with Crippen LogP contribution in [0.3, 0.4) is 0 Å². The molecular weight excluding hydrogens is 178 g/mol. The maximum Gasteiger partial charge on any atom is 0.222 e. The summed E-state index contributed by atoms with van der Waals surface area (Å²) in [5.74, 6) is 0.776. The van der Waals surface area contributed by atoms with Crippen molar-refractivity contribution < 1.29 is 9.53 Å². The van der Waals surface area contributed by atoms with Gasteiger partial charge in [0.2, 0.25) is 5.91 Å². The summed E-state index contributed by atoms with van der Waals surface area (Å²) in [6, 6.07) is 0. The van der Waals surface area contributed by atoms with E-state index in [9.17, 15) is 4.79 Å². The first-order valence-corrected chi connectivity index (χ1v) is 4.79. The Kier molecular flexibility index (Phi) is 4.40. The molecule has 0 aromatic carbocycles. The lowest BCUT2D eigenvalue weighted by molar-refractivity contribution is -0.128. The molecule has 1 saturated heterocycles. The fourth-order valence-electron chi connectivity index (χ4n) is 1.27. The van der Waals surface area contributed by atoms with Crippen LogP contribution in [0.25, 0.3) is 0 Å². The van der Waals surface area contributed by atoms with E-state index in [4.69, 9.17) is 16.3 Å².